The van der Waals surface area contributed by atoms with Crippen molar-refractivity contribution in [2.24, 2.45) is 5.73 Å². The first-order chi connectivity index (χ1) is 11.1. The SMILES string of the molecule is NCCCOCCOCCNCCC[SiH2]CCCCS(=O)(=O)O. The topological polar surface area (TPSA) is 111 Å². The molecular formula is C14H34N2O5SSi. The smallest absolute Gasteiger partial charge is 0.264 e. The third-order valence-electron chi connectivity index (χ3n) is 3.29. The van der Waals surface area contributed by atoms with Crippen LogP contribution in [0, 0.1) is 0 Å². The van der Waals surface area contributed by atoms with E-state index in [4.69, 9.17) is 19.8 Å². The molecule has 0 radical (unpaired) electrons. The van der Waals surface area contributed by atoms with E-state index in [1.54, 1.807) is 0 Å². The Labute approximate surface area is 143 Å². The number of hydrogen-bond donors (Lipinski definition) is 3. The first-order valence-electron chi connectivity index (χ1n) is 8.57. The summed E-state index contributed by atoms with van der Waals surface area (Å²) in [6.07, 6.45) is 3.57. The average Bonchev–Trinajstić information content (AvgIpc) is 2.49. The highest BCUT2D eigenvalue weighted by atomic mass is 32.2. The molecule has 9 heteroatoms. The number of nitrogens with two attached hydrogens (primary N) is 1. The highest BCUT2D eigenvalue weighted by Crippen LogP contribution is 2.01. The van der Waals surface area contributed by atoms with Gasteiger partial charge in [0.1, 0.15) is 0 Å². The second-order valence-electron chi connectivity index (χ2n) is 5.52. The van der Waals surface area contributed by atoms with Crippen molar-refractivity contribution in [3.63, 3.8) is 0 Å². The summed E-state index contributed by atoms with van der Waals surface area (Å²) in [6, 6.07) is 2.43. The van der Waals surface area contributed by atoms with Gasteiger partial charge in [0.25, 0.3) is 10.1 Å². The fourth-order valence-electron chi connectivity index (χ4n) is 2.02. The van der Waals surface area contributed by atoms with Crippen LogP contribution in [-0.4, -0.2) is 74.3 Å². The molecule has 7 nitrogen and oxygen atoms in total. The van der Waals surface area contributed by atoms with Crippen LogP contribution in [0.5, 0.6) is 0 Å². The van der Waals surface area contributed by atoms with E-state index in [0.717, 1.165) is 32.0 Å². The Kier molecular flexibility index (Phi) is 16.8. The van der Waals surface area contributed by atoms with Crippen LogP contribution in [0.25, 0.3) is 0 Å². The third-order valence-corrected chi connectivity index (χ3v) is 6.10. The van der Waals surface area contributed by atoms with Crippen LogP contribution in [0.4, 0.5) is 0 Å². The second kappa shape index (κ2) is 16.8. The van der Waals surface area contributed by atoms with Crippen molar-refractivity contribution in [1.29, 1.82) is 0 Å². The molecule has 0 aromatic rings. The maximum atomic E-state index is 10.5. The van der Waals surface area contributed by atoms with E-state index >= 15 is 0 Å². The zero-order chi connectivity index (χ0) is 17.2. The molecule has 0 amide bonds. The van der Waals surface area contributed by atoms with E-state index in [-0.39, 0.29) is 15.3 Å². The minimum absolute atomic E-state index is 0.0840. The molecular weight excluding hydrogens is 336 g/mol. The van der Waals surface area contributed by atoms with Crippen molar-refractivity contribution in [3.05, 3.63) is 0 Å². The monoisotopic (exact) mass is 370 g/mol. The first kappa shape index (κ1) is 23.0. The average molecular weight is 371 g/mol. The summed E-state index contributed by atoms with van der Waals surface area (Å²) in [7, 11) is -3.85. The first-order valence-corrected chi connectivity index (χ1v) is 12.2. The predicted octanol–water partition coefficient (Wildman–Crippen LogP) is 0.0215. The van der Waals surface area contributed by atoms with Crippen molar-refractivity contribution in [2.45, 2.75) is 37.8 Å². The maximum Gasteiger partial charge on any atom is 0.264 e. The van der Waals surface area contributed by atoms with Crippen LogP contribution in [0.15, 0.2) is 0 Å². The molecule has 4 N–H and O–H groups in total. The molecule has 0 aliphatic carbocycles. The molecule has 0 unspecified atom stereocenters. The summed E-state index contributed by atoms with van der Waals surface area (Å²) in [6.45, 7) is 5.20. The molecule has 0 fully saturated rings. The van der Waals surface area contributed by atoms with Crippen molar-refractivity contribution in [1.82, 2.24) is 5.32 Å². The van der Waals surface area contributed by atoms with Gasteiger partial charge in [-0.25, -0.2) is 0 Å². The Morgan fingerprint density at radius 1 is 0.913 bits per heavy atom. The Balaban J connectivity index is 3.03. The lowest BCUT2D eigenvalue weighted by Gasteiger charge is -2.07. The van der Waals surface area contributed by atoms with Gasteiger partial charge < -0.3 is 20.5 Å². The lowest BCUT2D eigenvalue weighted by atomic mass is 10.4. The van der Waals surface area contributed by atoms with Gasteiger partial charge in [-0.05, 0) is 32.4 Å². The van der Waals surface area contributed by atoms with Gasteiger partial charge >= 0.3 is 0 Å². The standard InChI is InChI=1S/C14H34N2O5SSi/c15-5-3-8-20-10-11-21-9-7-16-6-4-14-23-13-2-1-12-22(17,18)19/h16H,1-15,23H2,(H,17,18,19). The van der Waals surface area contributed by atoms with Gasteiger partial charge in [-0.15, -0.1) is 0 Å². The number of hydrogen-bond acceptors (Lipinski definition) is 6. The fourth-order valence-corrected chi connectivity index (χ4v) is 4.25. The molecule has 0 saturated heterocycles. The minimum Gasteiger partial charge on any atom is -0.379 e. The van der Waals surface area contributed by atoms with Gasteiger partial charge in [0.05, 0.1) is 25.6 Å². The van der Waals surface area contributed by atoms with Crippen LogP contribution in [0.2, 0.25) is 12.1 Å². The highest BCUT2D eigenvalue weighted by Gasteiger charge is 2.02. The van der Waals surface area contributed by atoms with Gasteiger partial charge in [0.2, 0.25) is 0 Å². The second-order valence-corrected chi connectivity index (χ2v) is 9.22. The lowest BCUT2D eigenvalue weighted by Crippen LogP contribution is -2.22. The third kappa shape index (κ3) is 22.0. The van der Waals surface area contributed by atoms with E-state index in [1.807, 2.05) is 0 Å². The summed E-state index contributed by atoms with van der Waals surface area (Å²) in [5.41, 5.74) is 5.36. The summed E-state index contributed by atoms with van der Waals surface area (Å²) in [4.78, 5) is 0. The zero-order valence-electron chi connectivity index (χ0n) is 14.2. The van der Waals surface area contributed by atoms with E-state index in [0.29, 0.717) is 39.4 Å². The molecule has 0 rings (SSSR count). The minimum atomic E-state index is -3.76. The zero-order valence-corrected chi connectivity index (χ0v) is 16.4. The van der Waals surface area contributed by atoms with Crippen LogP contribution >= 0.6 is 0 Å². The molecule has 23 heavy (non-hydrogen) atoms. The Morgan fingerprint density at radius 3 is 2.30 bits per heavy atom. The molecule has 0 saturated carbocycles. The van der Waals surface area contributed by atoms with Crippen molar-refractivity contribution < 1.29 is 22.4 Å². The van der Waals surface area contributed by atoms with Crippen LogP contribution in [0.1, 0.15) is 25.7 Å². The normalized spacial score (nSPS) is 12.4. The summed E-state index contributed by atoms with van der Waals surface area (Å²) in [5, 5.41) is 3.35. The number of ether oxygens (including phenoxy) is 2. The van der Waals surface area contributed by atoms with Crippen LogP contribution in [0.3, 0.4) is 0 Å². The summed E-state index contributed by atoms with van der Waals surface area (Å²) < 4.78 is 40.4. The molecule has 140 valence electrons. The van der Waals surface area contributed by atoms with Gasteiger partial charge in [-0.3, -0.25) is 4.55 Å². The number of unbranched alkanes of at least 4 members (excludes halogenated alkanes) is 1. The Hall–Kier alpha value is -0.0331. The van der Waals surface area contributed by atoms with Gasteiger partial charge in [-0.2, -0.15) is 8.42 Å². The lowest BCUT2D eigenvalue weighted by molar-refractivity contribution is 0.0486. The summed E-state index contributed by atoms with van der Waals surface area (Å²) in [5.74, 6) is -0.0962. The molecule has 0 aromatic heterocycles. The summed E-state index contributed by atoms with van der Waals surface area (Å²) >= 11 is 0. The van der Waals surface area contributed by atoms with Gasteiger partial charge in [0.15, 0.2) is 0 Å². The fraction of sp³-hybridized carbons (Fsp3) is 1.00. The van der Waals surface area contributed by atoms with E-state index in [1.165, 1.54) is 12.5 Å². The molecule has 0 aliphatic rings. The molecule has 0 aliphatic heterocycles. The Morgan fingerprint density at radius 2 is 1.61 bits per heavy atom. The highest BCUT2D eigenvalue weighted by molar-refractivity contribution is 7.85. The molecule has 0 spiro atoms. The van der Waals surface area contributed by atoms with Crippen molar-refractivity contribution >= 4 is 19.6 Å². The number of rotatable bonds is 18. The van der Waals surface area contributed by atoms with Gasteiger partial charge in [0, 0.05) is 22.7 Å². The van der Waals surface area contributed by atoms with Gasteiger partial charge in [-0.1, -0.05) is 18.5 Å². The van der Waals surface area contributed by atoms with Crippen LogP contribution in [-0.2, 0) is 19.6 Å². The van der Waals surface area contributed by atoms with E-state index < -0.39 is 10.1 Å². The largest absolute Gasteiger partial charge is 0.379 e. The number of nitrogens with one attached hydrogen (secondary N) is 1. The maximum absolute atomic E-state index is 10.5. The Bertz CT molecular complexity index is 344. The van der Waals surface area contributed by atoms with Crippen molar-refractivity contribution in [3.8, 4) is 0 Å². The quantitative estimate of drug-likeness (QED) is 0.177. The molecule has 0 aromatic carbocycles. The van der Waals surface area contributed by atoms with Crippen molar-refractivity contribution in [2.75, 3.05) is 51.8 Å². The molecule has 0 bridgehead atoms. The molecule has 0 heterocycles. The van der Waals surface area contributed by atoms with Crippen LogP contribution < -0.4 is 11.1 Å². The van der Waals surface area contributed by atoms with E-state index in [2.05, 4.69) is 5.32 Å². The molecule has 0 atom stereocenters. The predicted molar refractivity (Wildman–Crippen MR) is 96.6 cm³/mol. The van der Waals surface area contributed by atoms with E-state index in [9.17, 15) is 8.42 Å².